The maximum absolute atomic E-state index is 11.9. The Morgan fingerprint density at radius 1 is 0.854 bits per heavy atom. The van der Waals surface area contributed by atoms with Crippen molar-refractivity contribution in [2.24, 2.45) is 5.92 Å². The number of aliphatic carboxylic acids is 1. The molecule has 0 fully saturated rings. The van der Waals surface area contributed by atoms with Crippen LogP contribution in [0.15, 0.2) is 38.3 Å². The van der Waals surface area contributed by atoms with Crippen molar-refractivity contribution in [3.63, 3.8) is 0 Å². The highest BCUT2D eigenvalue weighted by atomic mass is 127. The second kappa shape index (κ2) is 26.6. The van der Waals surface area contributed by atoms with E-state index >= 15 is 0 Å². The van der Waals surface area contributed by atoms with Gasteiger partial charge in [-0.1, -0.05) is 102 Å². The van der Waals surface area contributed by atoms with E-state index in [4.69, 9.17) is 23.3 Å². The minimum atomic E-state index is -0.850. The van der Waals surface area contributed by atoms with Crippen LogP contribution in [0.25, 0.3) is 0 Å². The third-order valence-electron chi connectivity index (χ3n) is 8.34. The molecule has 2 atom stereocenters. The molecule has 0 radical (unpaired) electrons. The van der Waals surface area contributed by atoms with Crippen LogP contribution in [0.4, 0.5) is 0 Å². The van der Waals surface area contributed by atoms with Gasteiger partial charge in [-0.3, -0.25) is 4.79 Å². The van der Waals surface area contributed by atoms with Gasteiger partial charge in [0.25, 0.3) is 11.8 Å². The average molecular weight is 804 g/mol. The number of nitrogens with zero attached hydrogens (tertiary/aromatic N) is 3. The fourth-order valence-corrected chi connectivity index (χ4v) is 6.16. The van der Waals surface area contributed by atoms with E-state index in [2.05, 4.69) is 33.5 Å². The van der Waals surface area contributed by atoms with Crippen molar-refractivity contribution in [3.05, 3.63) is 40.7 Å². The van der Waals surface area contributed by atoms with Gasteiger partial charge in [0.15, 0.2) is 12.3 Å². The van der Waals surface area contributed by atoms with E-state index in [0.29, 0.717) is 23.9 Å². The summed E-state index contributed by atoms with van der Waals surface area (Å²) in [5, 5.41) is 19.8. The minimum Gasteiger partial charge on any atom is -1.00 e. The molecule has 3 aromatic rings. The number of thiazole rings is 1. The molecule has 0 aliphatic heterocycles. The van der Waals surface area contributed by atoms with Gasteiger partial charge in [0.05, 0.1) is 24.5 Å². The van der Waals surface area contributed by atoms with Crippen LogP contribution in [-0.2, 0) is 22.5 Å². The van der Waals surface area contributed by atoms with Crippen LogP contribution in [0.2, 0.25) is 0 Å². The number of aryl methyl sites for hydroxylation is 3. The lowest BCUT2D eigenvalue weighted by Crippen LogP contribution is -3.00. The summed E-state index contributed by atoms with van der Waals surface area (Å²) in [5.74, 6) is 0.713. The van der Waals surface area contributed by atoms with Gasteiger partial charge in [0, 0.05) is 25.0 Å². The van der Waals surface area contributed by atoms with Gasteiger partial charge in [-0.05, 0) is 36.5 Å². The molecule has 0 saturated carbocycles. The van der Waals surface area contributed by atoms with Gasteiger partial charge in [-0.15, -0.1) is 0 Å². The molecule has 0 aromatic carbocycles. The fraction of sp³-hybridized carbons (Fsp3) is 0.722. The topological polar surface area (TPSA) is 121 Å². The first-order valence-electron chi connectivity index (χ1n) is 17.9. The summed E-state index contributed by atoms with van der Waals surface area (Å²) in [5.41, 5.74) is 2.08. The summed E-state index contributed by atoms with van der Waals surface area (Å²) in [6, 6.07) is 3.52. The molecular formula is C36H58IN3O7S. The van der Waals surface area contributed by atoms with Crippen molar-refractivity contribution in [1.29, 1.82) is 0 Å². The number of ether oxygens (including phenoxy) is 3. The molecule has 3 rings (SSSR count). The van der Waals surface area contributed by atoms with E-state index in [1.807, 2.05) is 11.4 Å². The molecule has 0 amide bonds. The predicted molar refractivity (Wildman–Crippen MR) is 182 cm³/mol. The van der Waals surface area contributed by atoms with Crippen LogP contribution in [0.5, 0.6) is 11.8 Å². The lowest BCUT2D eigenvalue weighted by atomic mass is 10.0. The zero-order valence-electron chi connectivity index (χ0n) is 29.1. The summed E-state index contributed by atoms with van der Waals surface area (Å²) in [7, 11) is 0. The number of carbonyl (C=O) groups is 1. The third kappa shape index (κ3) is 19.1. The Morgan fingerprint density at radius 2 is 1.52 bits per heavy atom. The van der Waals surface area contributed by atoms with E-state index in [9.17, 15) is 9.90 Å². The molecule has 48 heavy (non-hydrogen) atoms. The quantitative estimate of drug-likeness (QED) is 0.0510. The summed E-state index contributed by atoms with van der Waals surface area (Å²) < 4.78 is 30.5. The number of carboxylic acids is 1. The number of carboxylic acid groups (broad SMARTS) is 1. The van der Waals surface area contributed by atoms with Crippen molar-refractivity contribution in [3.8, 4) is 11.8 Å². The van der Waals surface area contributed by atoms with Crippen molar-refractivity contribution >= 4 is 17.3 Å². The highest BCUT2D eigenvalue weighted by Gasteiger charge is 2.21. The van der Waals surface area contributed by atoms with Gasteiger partial charge >= 0.3 is 5.97 Å². The summed E-state index contributed by atoms with van der Waals surface area (Å²) in [6.07, 6.45) is 22.9. The van der Waals surface area contributed by atoms with Gasteiger partial charge in [-0.2, -0.15) is 4.57 Å². The molecule has 10 nitrogen and oxygen atoms in total. The van der Waals surface area contributed by atoms with E-state index in [-0.39, 0.29) is 43.8 Å². The summed E-state index contributed by atoms with van der Waals surface area (Å²) in [4.78, 5) is 11.9. The predicted octanol–water partition coefficient (Wildman–Crippen LogP) is 5.76. The number of rotatable bonds is 30. The maximum Gasteiger partial charge on any atom is 0.308 e. The second-order valence-corrected chi connectivity index (χ2v) is 13.4. The smallest absolute Gasteiger partial charge is 0.308 e. The minimum absolute atomic E-state index is 0. The molecule has 0 spiro atoms. The van der Waals surface area contributed by atoms with Gasteiger partial charge < -0.3 is 52.3 Å². The zero-order valence-corrected chi connectivity index (χ0v) is 32.1. The lowest BCUT2D eigenvalue weighted by Gasteiger charge is -2.19. The molecule has 0 aliphatic carbocycles. The molecular weight excluding hydrogens is 745 g/mol. The Morgan fingerprint density at radius 3 is 2.15 bits per heavy atom. The SMILES string of the molecule is CCCCCCCCCCCCCCCc1cc(OCC(COCC(CCCCC[n+]2ccsc2)C(=O)O)Oc2cc(C)on2)no1.[I-]. The Labute approximate surface area is 308 Å². The first-order valence-corrected chi connectivity index (χ1v) is 18.9. The average Bonchev–Trinajstić information content (AvgIpc) is 3.84. The van der Waals surface area contributed by atoms with E-state index in [0.717, 1.165) is 44.4 Å². The lowest BCUT2D eigenvalue weighted by molar-refractivity contribution is -0.692. The standard InChI is InChI=1S/C36H57N3O7S.HI/c1-3-4-5-6-7-8-9-10-11-12-13-14-17-20-32-25-34(37-46-32)43-28-33(44-35-24-30(2)45-38-35)27-42-26-31(36(40)41)19-16-15-18-21-39-22-23-47-29-39;/h22-25,29,31,33H,3-21,26-28H2,1-2H3;1H. The number of hydrogen-bond acceptors (Lipinski definition) is 9. The van der Waals surface area contributed by atoms with Gasteiger partial charge in [0.1, 0.15) is 24.7 Å². The first-order chi connectivity index (χ1) is 23.0. The van der Waals surface area contributed by atoms with Crippen molar-refractivity contribution in [1.82, 2.24) is 10.3 Å². The zero-order chi connectivity index (χ0) is 33.4. The summed E-state index contributed by atoms with van der Waals surface area (Å²) >= 11 is 1.67. The molecule has 12 heteroatoms. The highest BCUT2D eigenvalue weighted by molar-refractivity contribution is 7.07. The Bertz CT molecular complexity index is 1190. The normalized spacial score (nSPS) is 12.5. The third-order valence-corrected chi connectivity index (χ3v) is 9.01. The van der Waals surface area contributed by atoms with E-state index in [1.165, 1.54) is 77.0 Å². The fourth-order valence-electron chi connectivity index (χ4n) is 5.53. The molecule has 3 aromatic heterocycles. The van der Waals surface area contributed by atoms with E-state index < -0.39 is 18.0 Å². The Hall–Kier alpha value is -2.19. The second-order valence-electron chi connectivity index (χ2n) is 12.6. The van der Waals surface area contributed by atoms with Gasteiger partial charge in [-0.25, -0.2) is 0 Å². The Kier molecular flexibility index (Phi) is 23.3. The number of unbranched alkanes of at least 4 members (excludes halogenated alkanes) is 14. The van der Waals surface area contributed by atoms with Crippen LogP contribution in [-0.4, -0.2) is 47.3 Å². The molecule has 272 valence electrons. The molecule has 0 bridgehead atoms. The van der Waals surface area contributed by atoms with Crippen LogP contribution in [0.1, 0.15) is 128 Å². The summed E-state index contributed by atoms with van der Waals surface area (Å²) in [6.45, 7) is 5.37. The van der Waals surface area contributed by atoms with Crippen molar-refractivity contribution in [2.75, 3.05) is 19.8 Å². The number of halogens is 1. The van der Waals surface area contributed by atoms with E-state index in [1.54, 1.807) is 24.3 Å². The highest BCUT2D eigenvalue weighted by Crippen LogP contribution is 2.19. The van der Waals surface area contributed by atoms with Crippen molar-refractivity contribution in [2.45, 2.75) is 142 Å². The number of hydrogen-bond donors (Lipinski definition) is 1. The van der Waals surface area contributed by atoms with Gasteiger partial charge in [0.2, 0.25) is 5.51 Å². The molecule has 1 N–H and O–H groups in total. The number of aromatic nitrogens is 3. The first kappa shape index (κ1) is 42.0. The van der Waals surface area contributed by atoms with Crippen molar-refractivity contribution < 1.29 is 61.7 Å². The molecule has 0 saturated heterocycles. The largest absolute Gasteiger partial charge is 1.00 e. The van der Waals surface area contributed by atoms with Crippen LogP contribution < -0.4 is 38.0 Å². The van der Waals surface area contributed by atoms with Crippen LogP contribution in [0.3, 0.4) is 0 Å². The monoisotopic (exact) mass is 803 g/mol. The molecule has 0 aliphatic rings. The van der Waals surface area contributed by atoms with Crippen LogP contribution >= 0.6 is 11.3 Å². The maximum atomic E-state index is 11.9. The Balaban J connectivity index is 0.00000800. The molecule has 3 heterocycles. The van der Waals surface area contributed by atoms with Crippen LogP contribution in [0, 0.1) is 12.8 Å². The molecule has 2 unspecified atom stereocenters.